The fourth-order valence-corrected chi connectivity index (χ4v) is 1.95. The molecule has 1 amide bonds. The molecule has 0 saturated carbocycles. The molecule has 3 N–H and O–H groups in total. The Morgan fingerprint density at radius 2 is 1.75 bits per heavy atom. The van der Waals surface area contributed by atoms with Gasteiger partial charge in [0.15, 0.2) is 11.5 Å². The van der Waals surface area contributed by atoms with E-state index in [1.54, 1.807) is 0 Å². The van der Waals surface area contributed by atoms with E-state index in [2.05, 4.69) is 5.32 Å². The highest BCUT2D eigenvalue weighted by molar-refractivity contribution is 5.97. The molecule has 0 bridgehead atoms. The summed E-state index contributed by atoms with van der Waals surface area (Å²) in [6.45, 7) is 0.517. The smallest absolute Gasteiger partial charge is 0.255 e. The highest BCUT2D eigenvalue weighted by Gasteiger charge is 2.12. The summed E-state index contributed by atoms with van der Waals surface area (Å²) in [5.41, 5.74) is 1.31. The molecule has 4 nitrogen and oxygen atoms in total. The summed E-state index contributed by atoms with van der Waals surface area (Å²) in [5.74, 6) is -1.05. The van der Waals surface area contributed by atoms with Crippen LogP contribution in [-0.4, -0.2) is 22.7 Å². The minimum atomic E-state index is -0.383. The third-order valence-electron chi connectivity index (χ3n) is 3.03. The summed E-state index contributed by atoms with van der Waals surface area (Å²) in [4.78, 5) is 11.8. The van der Waals surface area contributed by atoms with Crippen LogP contribution < -0.4 is 5.32 Å². The van der Waals surface area contributed by atoms with Gasteiger partial charge in [0.25, 0.3) is 5.91 Å². The molecule has 104 valence electrons. The van der Waals surface area contributed by atoms with Crippen molar-refractivity contribution in [2.75, 3.05) is 6.54 Å². The number of amides is 1. The van der Waals surface area contributed by atoms with Gasteiger partial charge in [0, 0.05) is 6.54 Å². The highest BCUT2D eigenvalue weighted by atomic mass is 16.3. The number of phenolic OH excluding ortho intramolecular Hbond substituents is 2. The summed E-state index contributed by atoms with van der Waals surface area (Å²) < 4.78 is 0. The summed E-state index contributed by atoms with van der Waals surface area (Å²) in [7, 11) is 0. The van der Waals surface area contributed by atoms with Crippen molar-refractivity contribution < 1.29 is 15.0 Å². The lowest BCUT2D eigenvalue weighted by Gasteiger charge is -2.07. The molecule has 0 aliphatic rings. The van der Waals surface area contributed by atoms with Crippen LogP contribution in [0.2, 0.25) is 0 Å². The summed E-state index contributed by atoms with van der Waals surface area (Å²) in [6.07, 6.45) is 1.70. The summed E-state index contributed by atoms with van der Waals surface area (Å²) >= 11 is 0. The van der Waals surface area contributed by atoms with Gasteiger partial charge in [0.2, 0.25) is 0 Å². The first-order valence-corrected chi connectivity index (χ1v) is 6.51. The van der Waals surface area contributed by atoms with Crippen LogP contribution in [0.25, 0.3) is 0 Å². The number of para-hydroxylation sites is 1. The van der Waals surface area contributed by atoms with Crippen LogP contribution in [0, 0.1) is 0 Å². The molecule has 0 aliphatic heterocycles. The van der Waals surface area contributed by atoms with E-state index < -0.39 is 0 Å². The van der Waals surface area contributed by atoms with E-state index in [0.717, 1.165) is 12.8 Å². The van der Waals surface area contributed by atoms with E-state index in [0.29, 0.717) is 6.54 Å². The van der Waals surface area contributed by atoms with Crippen molar-refractivity contribution in [2.45, 2.75) is 12.8 Å². The van der Waals surface area contributed by atoms with Crippen LogP contribution in [0.15, 0.2) is 48.5 Å². The quantitative estimate of drug-likeness (QED) is 0.578. The predicted octanol–water partition coefficient (Wildman–Crippen LogP) is 2.46. The second-order valence-electron chi connectivity index (χ2n) is 4.52. The van der Waals surface area contributed by atoms with Gasteiger partial charge in [-0.05, 0) is 30.5 Å². The Hall–Kier alpha value is -2.49. The molecule has 0 radical (unpaired) electrons. The minimum Gasteiger partial charge on any atom is -0.504 e. The average Bonchev–Trinajstić information content (AvgIpc) is 2.47. The van der Waals surface area contributed by atoms with Crippen molar-refractivity contribution in [1.29, 1.82) is 0 Å². The van der Waals surface area contributed by atoms with E-state index in [9.17, 15) is 15.0 Å². The molecular weight excluding hydrogens is 254 g/mol. The first-order valence-electron chi connectivity index (χ1n) is 6.51. The molecule has 0 heterocycles. The Morgan fingerprint density at radius 1 is 1.00 bits per heavy atom. The maximum Gasteiger partial charge on any atom is 0.255 e. The van der Waals surface area contributed by atoms with Gasteiger partial charge in [-0.15, -0.1) is 0 Å². The van der Waals surface area contributed by atoms with Crippen LogP contribution in [0.5, 0.6) is 11.5 Å². The maximum atomic E-state index is 11.8. The van der Waals surface area contributed by atoms with Crippen molar-refractivity contribution >= 4 is 5.91 Å². The zero-order valence-electron chi connectivity index (χ0n) is 11.0. The molecule has 0 atom stereocenters. The Labute approximate surface area is 117 Å². The van der Waals surface area contributed by atoms with Gasteiger partial charge in [0.1, 0.15) is 0 Å². The van der Waals surface area contributed by atoms with E-state index in [1.807, 2.05) is 30.3 Å². The number of hydrogen-bond acceptors (Lipinski definition) is 3. The third kappa shape index (κ3) is 3.51. The van der Waals surface area contributed by atoms with Gasteiger partial charge in [0.05, 0.1) is 5.56 Å². The largest absolute Gasteiger partial charge is 0.504 e. The van der Waals surface area contributed by atoms with Crippen LogP contribution in [0.3, 0.4) is 0 Å². The van der Waals surface area contributed by atoms with Crippen molar-refractivity contribution in [2.24, 2.45) is 0 Å². The van der Waals surface area contributed by atoms with Gasteiger partial charge < -0.3 is 15.5 Å². The maximum absolute atomic E-state index is 11.8. The molecule has 0 fully saturated rings. The predicted molar refractivity (Wildman–Crippen MR) is 76.9 cm³/mol. The topological polar surface area (TPSA) is 69.6 Å². The third-order valence-corrected chi connectivity index (χ3v) is 3.03. The second-order valence-corrected chi connectivity index (χ2v) is 4.52. The summed E-state index contributed by atoms with van der Waals surface area (Å²) in [5, 5.41) is 21.7. The van der Waals surface area contributed by atoms with Crippen LogP contribution in [-0.2, 0) is 6.42 Å². The Kier molecular flexibility index (Phi) is 4.60. The summed E-state index contributed by atoms with van der Waals surface area (Å²) in [6, 6.07) is 14.4. The fraction of sp³-hybridized carbons (Fsp3) is 0.188. The van der Waals surface area contributed by atoms with Gasteiger partial charge in [-0.25, -0.2) is 0 Å². The monoisotopic (exact) mass is 271 g/mol. The fourth-order valence-electron chi connectivity index (χ4n) is 1.95. The Bertz CT molecular complexity index is 582. The molecule has 2 aromatic carbocycles. The Morgan fingerprint density at radius 3 is 2.50 bits per heavy atom. The van der Waals surface area contributed by atoms with Gasteiger partial charge in [-0.1, -0.05) is 36.4 Å². The number of nitrogens with one attached hydrogen (secondary N) is 1. The Balaban J connectivity index is 1.82. The first kappa shape index (κ1) is 13.9. The normalized spacial score (nSPS) is 10.2. The van der Waals surface area contributed by atoms with Crippen molar-refractivity contribution in [3.05, 3.63) is 59.7 Å². The van der Waals surface area contributed by atoms with Gasteiger partial charge >= 0.3 is 0 Å². The number of benzene rings is 2. The van der Waals surface area contributed by atoms with E-state index in [4.69, 9.17) is 0 Å². The lowest BCUT2D eigenvalue weighted by atomic mass is 10.1. The molecule has 0 aliphatic carbocycles. The molecule has 0 unspecified atom stereocenters. The average molecular weight is 271 g/mol. The van der Waals surface area contributed by atoms with Crippen LogP contribution in [0.4, 0.5) is 0 Å². The van der Waals surface area contributed by atoms with Gasteiger partial charge in [-0.2, -0.15) is 0 Å². The lowest BCUT2D eigenvalue weighted by Crippen LogP contribution is -2.24. The van der Waals surface area contributed by atoms with E-state index >= 15 is 0 Å². The number of carbonyl (C=O) groups is 1. The molecule has 0 saturated heterocycles. The molecule has 2 rings (SSSR count). The SMILES string of the molecule is O=C(NCCCc1ccccc1)c1cccc(O)c1O. The van der Waals surface area contributed by atoms with Gasteiger partial charge in [-0.3, -0.25) is 4.79 Å². The van der Waals surface area contributed by atoms with Crippen molar-refractivity contribution in [1.82, 2.24) is 5.32 Å². The minimum absolute atomic E-state index is 0.0877. The zero-order valence-corrected chi connectivity index (χ0v) is 11.0. The zero-order chi connectivity index (χ0) is 14.4. The second kappa shape index (κ2) is 6.61. The number of hydrogen-bond donors (Lipinski definition) is 3. The number of carbonyl (C=O) groups excluding carboxylic acids is 1. The molecule has 20 heavy (non-hydrogen) atoms. The first-order chi connectivity index (χ1) is 9.68. The lowest BCUT2D eigenvalue weighted by molar-refractivity contribution is 0.0950. The van der Waals surface area contributed by atoms with E-state index in [1.165, 1.54) is 23.8 Å². The highest BCUT2D eigenvalue weighted by Crippen LogP contribution is 2.27. The molecular formula is C16H17NO3. The van der Waals surface area contributed by atoms with Crippen LogP contribution in [0.1, 0.15) is 22.3 Å². The number of aryl methyl sites for hydroxylation is 1. The standard InChI is InChI=1S/C16H17NO3/c18-14-10-4-9-13(15(14)19)16(20)17-11-5-8-12-6-2-1-3-7-12/h1-4,6-7,9-10,18-19H,5,8,11H2,(H,17,20). The number of aromatic hydroxyl groups is 2. The molecule has 4 heteroatoms. The molecule has 0 spiro atoms. The number of rotatable bonds is 5. The van der Waals surface area contributed by atoms with E-state index in [-0.39, 0.29) is 23.0 Å². The molecule has 0 aromatic heterocycles. The van der Waals surface area contributed by atoms with Crippen LogP contribution >= 0.6 is 0 Å². The number of phenols is 2. The van der Waals surface area contributed by atoms with Crippen molar-refractivity contribution in [3.63, 3.8) is 0 Å². The van der Waals surface area contributed by atoms with Crippen molar-refractivity contribution in [3.8, 4) is 11.5 Å². The molecule has 2 aromatic rings.